The molecule has 100 valence electrons. The molecular formula is C16H21N3. The Kier molecular flexibility index (Phi) is 3.96. The van der Waals surface area contributed by atoms with Crippen LogP contribution in [0.15, 0.2) is 24.3 Å². The summed E-state index contributed by atoms with van der Waals surface area (Å²) >= 11 is 0. The molecule has 0 amide bonds. The number of aryl methyl sites for hydroxylation is 4. The minimum Gasteiger partial charge on any atom is -0.309 e. The Morgan fingerprint density at radius 1 is 0.947 bits per heavy atom. The summed E-state index contributed by atoms with van der Waals surface area (Å²) < 4.78 is 0. The molecular weight excluding hydrogens is 234 g/mol. The predicted octanol–water partition coefficient (Wildman–Crippen LogP) is 3.02. The maximum Gasteiger partial charge on any atom is 0.0651 e. The lowest BCUT2D eigenvalue weighted by atomic mass is 9.93. The van der Waals surface area contributed by atoms with Crippen LogP contribution in [-0.2, 0) is 0 Å². The summed E-state index contributed by atoms with van der Waals surface area (Å²) in [5, 5.41) is 11.8. The minimum atomic E-state index is 0.161. The van der Waals surface area contributed by atoms with Crippen molar-refractivity contribution >= 4 is 0 Å². The molecule has 3 heteroatoms. The first-order valence-corrected chi connectivity index (χ1v) is 6.58. The van der Waals surface area contributed by atoms with E-state index in [4.69, 9.17) is 0 Å². The highest BCUT2D eigenvalue weighted by Crippen LogP contribution is 2.27. The molecule has 1 atom stereocenters. The average Bonchev–Trinajstić information content (AvgIpc) is 2.38. The molecule has 1 heterocycles. The van der Waals surface area contributed by atoms with Gasteiger partial charge in [-0.3, -0.25) is 0 Å². The van der Waals surface area contributed by atoms with Gasteiger partial charge in [0.1, 0.15) is 0 Å². The van der Waals surface area contributed by atoms with Crippen LogP contribution in [0.4, 0.5) is 0 Å². The van der Waals surface area contributed by atoms with E-state index in [1.54, 1.807) is 0 Å². The third kappa shape index (κ3) is 2.82. The molecule has 1 N–H and O–H groups in total. The van der Waals surface area contributed by atoms with Crippen molar-refractivity contribution in [3.63, 3.8) is 0 Å². The van der Waals surface area contributed by atoms with E-state index in [0.717, 1.165) is 11.4 Å². The van der Waals surface area contributed by atoms with E-state index in [-0.39, 0.29) is 6.04 Å². The Morgan fingerprint density at radius 2 is 1.68 bits per heavy atom. The van der Waals surface area contributed by atoms with E-state index in [1.807, 2.05) is 20.9 Å². The molecule has 19 heavy (non-hydrogen) atoms. The smallest absolute Gasteiger partial charge is 0.0651 e. The van der Waals surface area contributed by atoms with Crippen molar-refractivity contribution in [1.82, 2.24) is 15.5 Å². The van der Waals surface area contributed by atoms with Crippen LogP contribution in [0.2, 0.25) is 0 Å². The molecule has 2 rings (SSSR count). The summed E-state index contributed by atoms with van der Waals surface area (Å²) in [6.45, 7) is 8.26. The number of nitrogens with one attached hydrogen (secondary N) is 1. The summed E-state index contributed by atoms with van der Waals surface area (Å²) in [7, 11) is 1.99. The Hall–Kier alpha value is -1.74. The van der Waals surface area contributed by atoms with Crippen LogP contribution < -0.4 is 5.32 Å². The molecule has 0 saturated heterocycles. The molecule has 0 spiro atoms. The Labute approximate surface area is 115 Å². The fraction of sp³-hybridized carbons (Fsp3) is 0.375. The van der Waals surface area contributed by atoms with Gasteiger partial charge in [-0.1, -0.05) is 23.8 Å². The maximum atomic E-state index is 4.24. The highest BCUT2D eigenvalue weighted by Gasteiger charge is 2.17. The summed E-state index contributed by atoms with van der Waals surface area (Å²) in [6.07, 6.45) is 0. The van der Waals surface area contributed by atoms with Gasteiger partial charge in [0.15, 0.2) is 0 Å². The lowest BCUT2D eigenvalue weighted by Gasteiger charge is -2.21. The topological polar surface area (TPSA) is 37.8 Å². The molecule has 3 nitrogen and oxygen atoms in total. The van der Waals surface area contributed by atoms with E-state index in [1.165, 1.54) is 22.3 Å². The highest BCUT2D eigenvalue weighted by atomic mass is 15.1. The normalized spacial score (nSPS) is 12.5. The molecule has 0 saturated carbocycles. The largest absolute Gasteiger partial charge is 0.309 e. The lowest BCUT2D eigenvalue weighted by Crippen LogP contribution is -2.20. The van der Waals surface area contributed by atoms with Crippen molar-refractivity contribution in [1.29, 1.82) is 0 Å². The van der Waals surface area contributed by atoms with Gasteiger partial charge in [-0.2, -0.15) is 10.2 Å². The monoisotopic (exact) mass is 255 g/mol. The molecule has 0 aliphatic carbocycles. The highest BCUT2D eigenvalue weighted by molar-refractivity contribution is 5.40. The van der Waals surface area contributed by atoms with Gasteiger partial charge in [-0.05, 0) is 57.5 Å². The van der Waals surface area contributed by atoms with E-state index in [9.17, 15) is 0 Å². The third-order valence-corrected chi connectivity index (χ3v) is 3.49. The summed E-state index contributed by atoms with van der Waals surface area (Å²) in [4.78, 5) is 0. The quantitative estimate of drug-likeness (QED) is 0.916. The van der Waals surface area contributed by atoms with Gasteiger partial charge in [0, 0.05) is 0 Å². The van der Waals surface area contributed by atoms with Gasteiger partial charge >= 0.3 is 0 Å². The van der Waals surface area contributed by atoms with E-state index in [2.05, 4.69) is 53.6 Å². The second-order valence-electron chi connectivity index (χ2n) is 5.11. The van der Waals surface area contributed by atoms with Crippen LogP contribution in [0.25, 0.3) is 0 Å². The molecule has 0 aliphatic rings. The first-order chi connectivity index (χ1) is 9.02. The van der Waals surface area contributed by atoms with Gasteiger partial charge < -0.3 is 5.32 Å². The van der Waals surface area contributed by atoms with Crippen LogP contribution >= 0.6 is 0 Å². The zero-order valence-corrected chi connectivity index (χ0v) is 12.3. The second kappa shape index (κ2) is 5.49. The zero-order valence-electron chi connectivity index (χ0n) is 12.3. The Morgan fingerprint density at radius 3 is 2.37 bits per heavy atom. The minimum absolute atomic E-state index is 0.161. The van der Waals surface area contributed by atoms with Crippen molar-refractivity contribution in [3.05, 3.63) is 57.9 Å². The van der Waals surface area contributed by atoms with Gasteiger partial charge in [-0.15, -0.1) is 0 Å². The van der Waals surface area contributed by atoms with Crippen molar-refractivity contribution < 1.29 is 0 Å². The number of benzene rings is 1. The Balaban J connectivity index is 2.55. The fourth-order valence-corrected chi connectivity index (χ4v) is 2.41. The van der Waals surface area contributed by atoms with E-state index >= 15 is 0 Å². The number of nitrogens with zero attached hydrogens (tertiary/aromatic N) is 2. The molecule has 2 aromatic rings. The molecule has 0 radical (unpaired) electrons. The standard InChI is InChI=1S/C16H21N3/c1-10-6-7-11(2)14(8-10)16(17-5)15-9-12(3)18-19-13(15)4/h6-9,16-17H,1-5H3. The SMILES string of the molecule is CNC(c1cc(C)ccc1C)c1cc(C)nnc1C. The van der Waals surface area contributed by atoms with Gasteiger partial charge in [0.25, 0.3) is 0 Å². The van der Waals surface area contributed by atoms with E-state index in [0.29, 0.717) is 0 Å². The zero-order chi connectivity index (χ0) is 14.0. The maximum absolute atomic E-state index is 4.24. The Bertz CT molecular complexity index is 539. The van der Waals surface area contributed by atoms with Crippen LogP contribution in [0.1, 0.15) is 39.7 Å². The van der Waals surface area contributed by atoms with Crippen LogP contribution in [0, 0.1) is 27.7 Å². The third-order valence-electron chi connectivity index (χ3n) is 3.49. The van der Waals surface area contributed by atoms with Gasteiger partial charge in [-0.25, -0.2) is 0 Å². The van der Waals surface area contributed by atoms with Crippen LogP contribution in [0.3, 0.4) is 0 Å². The predicted molar refractivity (Wildman–Crippen MR) is 78.3 cm³/mol. The second-order valence-corrected chi connectivity index (χ2v) is 5.11. The summed E-state index contributed by atoms with van der Waals surface area (Å²) in [5.41, 5.74) is 7.00. The van der Waals surface area contributed by atoms with Gasteiger partial charge in [0.05, 0.1) is 17.4 Å². The number of rotatable bonds is 3. The number of aromatic nitrogens is 2. The number of hydrogen-bond acceptors (Lipinski definition) is 3. The molecule has 1 aromatic carbocycles. The molecule has 1 unspecified atom stereocenters. The molecule has 0 bridgehead atoms. The van der Waals surface area contributed by atoms with Crippen molar-refractivity contribution in [2.45, 2.75) is 33.7 Å². The summed E-state index contributed by atoms with van der Waals surface area (Å²) in [6, 6.07) is 8.84. The lowest BCUT2D eigenvalue weighted by molar-refractivity contribution is 0.671. The molecule has 1 aromatic heterocycles. The fourth-order valence-electron chi connectivity index (χ4n) is 2.41. The average molecular weight is 255 g/mol. The van der Waals surface area contributed by atoms with Crippen molar-refractivity contribution in [2.75, 3.05) is 7.05 Å². The first-order valence-electron chi connectivity index (χ1n) is 6.58. The van der Waals surface area contributed by atoms with Gasteiger partial charge in [0.2, 0.25) is 0 Å². The van der Waals surface area contributed by atoms with Crippen molar-refractivity contribution in [2.24, 2.45) is 0 Å². The number of hydrogen-bond donors (Lipinski definition) is 1. The summed E-state index contributed by atoms with van der Waals surface area (Å²) in [5.74, 6) is 0. The molecule has 0 fully saturated rings. The van der Waals surface area contributed by atoms with Crippen LogP contribution in [-0.4, -0.2) is 17.2 Å². The van der Waals surface area contributed by atoms with E-state index < -0.39 is 0 Å². The van der Waals surface area contributed by atoms with Crippen molar-refractivity contribution in [3.8, 4) is 0 Å². The van der Waals surface area contributed by atoms with Crippen LogP contribution in [0.5, 0.6) is 0 Å². The molecule has 0 aliphatic heterocycles. The first kappa shape index (κ1) is 13.7.